The normalized spacial score (nSPS) is 26.1. The van der Waals surface area contributed by atoms with E-state index in [1.54, 1.807) is 58.3 Å². The Morgan fingerprint density at radius 1 is 1.29 bits per heavy atom. The SMILES string of the molecule is CC1=CC(O)CC(F)Cc2nc(co2)C(=O)N2CCCC2C(=O)OC(C(C)COC(=O)Nc2ccn(C)n2)C(C)/C=C/C(=O)NCC=C1. The predicted molar refractivity (Wildman–Crippen MR) is 171 cm³/mol. The number of aliphatic hydroxyl groups excluding tert-OH is 1. The number of amides is 3. The Balaban J connectivity index is 1.54. The highest BCUT2D eigenvalue weighted by molar-refractivity contribution is 5.95. The molecule has 0 saturated carbocycles. The van der Waals surface area contributed by atoms with Gasteiger partial charge in [-0.2, -0.15) is 5.10 Å². The molecule has 48 heavy (non-hydrogen) atoms. The Bertz CT molecular complexity index is 1530. The van der Waals surface area contributed by atoms with E-state index < -0.39 is 60.1 Å². The van der Waals surface area contributed by atoms with Gasteiger partial charge in [0, 0.05) is 50.7 Å². The second-order valence-electron chi connectivity index (χ2n) is 12.1. The first-order valence-corrected chi connectivity index (χ1v) is 15.9. The average Bonchev–Trinajstić information content (AvgIpc) is 3.80. The first kappa shape index (κ1) is 36.1. The maximum absolute atomic E-state index is 14.8. The highest BCUT2D eigenvalue weighted by Gasteiger charge is 2.39. The number of alkyl halides is 1. The zero-order valence-corrected chi connectivity index (χ0v) is 27.5. The number of nitrogens with one attached hydrogen (secondary N) is 2. The van der Waals surface area contributed by atoms with Crippen LogP contribution in [0.5, 0.6) is 0 Å². The number of anilines is 1. The van der Waals surface area contributed by atoms with Gasteiger partial charge in [0.25, 0.3) is 5.91 Å². The molecule has 1 saturated heterocycles. The Morgan fingerprint density at radius 3 is 2.83 bits per heavy atom. The number of oxazole rings is 1. The molecule has 0 radical (unpaired) electrons. The van der Waals surface area contributed by atoms with Crippen LogP contribution < -0.4 is 10.6 Å². The third kappa shape index (κ3) is 10.4. The topological polar surface area (TPSA) is 178 Å². The van der Waals surface area contributed by atoms with Crippen LogP contribution in [0.25, 0.3) is 0 Å². The standard InChI is InChI=1S/C33H43FN6O8/c1-20-7-5-12-35-28(42)10-9-21(2)30(22(3)18-47-33(45)37-27-11-14-39(4)38-27)48-32(44)26-8-6-13-40(26)31(43)25-19-46-29(36-25)17-23(34)16-24(41)15-20/h5,7,9-11,14-15,19,21-24,26,30,41H,6,8,12-13,16-18H2,1-4H3,(H,35,42)(H,37,38,45)/b7-5?,10-9+,20-15?. The predicted octanol–water partition coefficient (Wildman–Crippen LogP) is 3.27. The lowest BCUT2D eigenvalue weighted by Gasteiger charge is -2.30. The van der Waals surface area contributed by atoms with Gasteiger partial charge in [-0.25, -0.2) is 19.0 Å². The number of carbonyl (C=O) groups excluding carboxylic acids is 4. The maximum Gasteiger partial charge on any atom is 0.412 e. The second kappa shape index (κ2) is 16.9. The maximum atomic E-state index is 14.8. The van der Waals surface area contributed by atoms with Crippen molar-refractivity contribution in [2.24, 2.45) is 18.9 Å². The summed E-state index contributed by atoms with van der Waals surface area (Å²) in [4.78, 5) is 57.5. The van der Waals surface area contributed by atoms with E-state index in [-0.39, 0.29) is 44.1 Å². The van der Waals surface area contributed by atoms with Crippen LogP contribution in [0.2, 0.25) is 0 Å². The van der Waals surface area contributed by atoms with Crippen LogP contribution in [-0.2, 0) is 32.5 Å². The van der Waals surface area contributed by atoms with Crippen molar-refractivity contribution in [1.29, 1.82) is 0 Å². The molecule has 2 bridgehead atoms. The van der Waals surface area contributed by atoms with Crippen molar-refractivity contribution in [1.82, 2.24) is 25.0 Å². The molecule has 6 unspecified atom stereocenters. The molecule has 2 aliphatic heterocycles. The zero-order chi connectivity index (χ0) is 34.8. The minimum absolute atomic E-state index is 0.00677. The number of nitrogens with zero attached hydrogens (tertiary/aromatic N) is 4. The zero-order valence-electron chi connectivity index (χ0n) is 27.5. The van der Waals surface area contributed by atoms with Crippen molar-refractivity contribution in [2.75, 3.05) is 25.0 Å². The van der Waals surface area contributed by atoms with Crippen LogP contribution in [0, 0.1) is 11.8 Å². The number of carbonyl (C=O) groups is 4. The number of fused-ring (bicyclic) bond motifs is 3. The summed E-state index contributed by atoms with van der Waals surface area (Å²) in [7, 11) is 1.71. The largest absolute Gasteiger partial charge is 0.460 e. The lowest BCUT2D eigenvalue weighted by atomic mass is 9.93. The molecule has 2 aromatic rings. The van der Waals surface area contributed by atoms with Gasteiger partial charge in [0.15, 0.2) is 17.4 Å². The molecular formula is C33H43FN6O8. The highest BCUT2D eigenvalue weighted by Crippen LogP contribution is 2.26. The van der Waals surface area contributed by atoms with Gasteiger partial charge in [-0.15, -0.1) is 0 Å². The first-order chi connectivity index (χ1) is 22.9. The Labute approximate surface area is 278 Å². The number of aromatic nitrogens is 3. The number of allylic oxidation sites excluding steroid dienone is 2. The monoisotopic (exact) mass is 670 g/mol. The molecule has 6 atom stereocenters. The number of cyclic esters (lactones) is 1. The van der Waals surface area contributed by atoms with Gasteiger partial charge in [0.1, 0.15) is 24.6 Å². The smallest absolute Gasteiger partial charge is 0.412 e. The van der Waals surface area contributed by atoms with Crippen LogP contribution in [0.1, 0.15) is 56.4 Å². The third-order valence-corrected chi connectivity index (χ3v) is 7.98. The average molecular weight is 671 g/mol. The summed E-state index contributed by atoms with van der Waals surface area (Å²) >= 11 is 0. The number of aryl methyl sites for hydroxylation is 1. The molecule has 0 aliphatic carbocycles. The number of hydrogen-bond acceptors (Lipinski definition) is 10. The van der Waals surface area contributed by atoms with Gasteiger partial charge in [0.05, 0.1) is 19.1 Å². The minimum Gasteiger partial charge on any atom is -0.460 e. The lowest BCUT2D eigenvalue weighted by molar-refractivity contribution is -0.159. The second-order valence-corrected chi connectivity index (χ2v) is 12.1. The van der Waals surface area contributed by atoms with Gasteiger partial charge < -0.3 is 29.2 Å². The molecule has 0 spiro atoms. The number of hydrogen-bond donors (Lipinski definition) is 3. The fourth-order valence-corrected chi connectivity index (χ4v) is 5.56. The molecule has 4 rings (SSSR count). The summed E-state index contributed by atoms with van der Waals surface area (Å²) < 4.78 is 33.1. The lowest BCUT2D eigenvalue weighted by Crippen LogP contribution is -2.44. The fraction of sp³-hybridized carbons (Fsp3) is 0.515. The minimum atomic E-state index is -1.50. The molecule has 2 aliphatic rings. The van der Waals surface area contributed by atoms with Gasteiger partial charge in [-0.1, -0.05) is 43.7 Å². The van der Waals surface area contributed by atoms with Crippen LogP contribution in [0.3, 0.4) is 0 Å². The third-order valence-electron chi connectivity index (χ3n) is 7.98. The molecule has 3 N–H and O–H groups in total. The van der Waals surface area contributed by atoms with Gasteiger partial charge >= 0.3 is 12.1 Å². The first-order valence-electron chi connectivity index (χ1n) is 15.9. The van der Waals surface area contributed by atoms with Crippen molar-refractivity contribution < 1.29 is 42.6 Å². The molecule has 15 heteroatoms. The molecule has 1 fully saturated rings. The highest BCUT2D eigenvalue weighted by atomic mass is 19.1. The summed E-state index contributed by atoms with van der Waals surface area (Å²) in [6.45, 7) is 5.58. The number of esters is 1. The van der Waals surface area contributed by atoms with Crippen molar-refractivity contribution in [3.8, 4) is 0 Å². The summed E-state index contributed by atoms with van der Waals surface area (Å²) in [5.41, 5.74) is 0.599. The molecule has 4 heterocycles. The van der Waals surface area contributed by atoms with Crippen LogP contribution in [-0.4, -0.2) is 92.8 Å². The van der Waals surface area contributed by atoms with Gasteiger partial charge in [0.2, 0.25) is 5.91 Å². The Morgan fingerprint density at radius 2 is 2.08 bits per heavy atom. The summed E-state index contributed by atoms with van der Waals surface area (Å²) in [5.74, 6) is -2.34. The molecular weight excluding hydrogens is 627 g/mol. The molecule has 0 aromatic carbocycles. The van der Waals surface area contributed by atoms with Crippen LogP contribution in [0.4, 0.5) is 15.0 Å². The Kier molecular flexibility index (Phi) is 12.7. The van der Waals surface area contributed by atoms with E-state index in [2.05, 4.69) is 20.7 Å². The van der Waals surface area contributed by atoms with Crippen molar-refractivity contribution in [3.05, 3.63) is 66.1 Å². The van der Waals surface area contributed by atoms with Crippen molar-refractivity contribution >= 4 is 29.7 Å². The van der Waals surface area contributed by atoms with E-state index in [9.17, 15) is 28.7 Å². The van der Waals surface area contributed by atoms with E-state index in [1.807, 2.05) is 0 Å². The van der Waals surface area contributed by atoms with E-state index in [0.717, 1.165) is 6.26 Å². The molecule has 2 aromatic heterocycles. The number of rotatable bonds is 4. The number of aliphatic hydroxyl groups is 1. The van der Waals surface area contributed by atoms with Crippen LogP contribution in [0.15, 0.2) is 58.9 Å². The van der Waals surface area contributed by atoms with Gasteiger partial charge in [-0.3, -0.25) is 19.6 Å². The molecule has 14 nitrogen and oxygen atoms in total. The summed E-state index contributed by atoms with van der Waals surface area (Å²) in [6.07, 6.45) is 6.86. The molecule has 260 valence electrons. The summed E-state index contributed by atoms with van der Waals surface area (Å²) in [6, 6.07) is 0.682. The quantitative estimate of drug-likeness (QED) is 0.409. The van der Waals surface area contributed by atoms with Crippen molar-refractivity contribution in [2.45, 2.75) is 70.9 Å². The van der Waals surface area contributed by atoms with Crippen molar-refractivity contribution in [3.63, 3.8) is 0 Å². The molecule has 3 amide bonds. The number of halogens is 1. The van der Waals surface area contributed by atoms with E-state index in [1.165, 1.54) is 21.7 Å². The van der Waals surface area contributed by atoms with Gasteiger partial charge in [-0.05, 0) is 25.8 Å². The summed E-state index contributed by atoms with van der Waals surface area (Å²) in [5, 5.41) is 19.7. The number of ether oxygens (including phenoxy) is 2. The van der Waals surface area contributed by atoms with E-state index >= 15 is 0 Å². The van der Waals surface area contributed by atoms with E-state index in [0.29, 0.717) is 24.2 Å². The fourth-order valence-electron chi connectivity index (χ4n) is 5.56. The van der Waals surface area contributed by atoms with Crippen LogP contribution >= 0.6 is 0 Å². The van der Waals surface area contributed by atoms with E-state index in [4.69, 9.17) is 13.9 Å². The Hall–Kier alpha value is -4.79.